The molecule has 0 spiro atoms. The summed E-state index contributed by atoms with van der Waals surface area (Å²) in [5, 5.41) is 9.21. The van der Waals surface area contributed by atoms with Gasteiger partial charge in [0, 0.05) is 12.4 Å². The molecule has 7 heteroatoms. The number of carboxylic acids is 1. The number of fused-ring (bicyclic) bond motifs is 1. The number of hydrogen-bond acceptors (Lipinski definition) is 5. The number of nitrogens with zero attached hydrogens (tertiary/aromatic N) is 3. The third-order valence-electron chi connectivity index (χ3n) is 2.64. The molecule has 1 N–H and O–H groups in total. The Balaban J connectivity index is 2.58. The number of benzene rings is 1. The molecule has 1 heterocycles. The molecule has 2 rings (SSSR count). The van der Waals surface area contributed by atoms with E-state index in [0.29, 0.717) is 11.2 Å². The van der Waals surface area contributed by atoms with Crippen LogP contribution in [-0.4, -0.2) is 41.7 Å². The Labute approximate surface area is 108 Å². The highest BCUT2D eigenvalue weighted by molar-refractivity contribution is 5.91. The molecule has 0 fully saturated rings. The van der Waals surface area contributed by atoms with Gasteiger partial charge in [-0.1, -0.05) is 0 Å². The monoisotopic (exact) mass is 265 g/mol. The summed E-state index contributed by atoms with van der Waals surface area (Å²) < 4.78 is 18.9. The van der Waals surface area contributed by atoms with Gasteiger partial charge in [-0.05, 0) is 12.1 Å². The smallest absolute Gasteiger partial charge is 0.323 e. The van der Waals surface area contributed by atoms with Gasteiger partial charge in [0.15, 0.2) is 11.6 Å². The molecule has 1 aromatic carbocycles. The Morgan fingerprint density at radius 1 is 1.47 bits per heavy atom. The summed E-state index contributed by atoms with van der Waals surface area (Å²) >= 11 is 0. The molecule has 0 radical (unpaired) electrons. The first-order chi connectivity index (χ1) is 9.04. The molecule has 0 amide bonds. The topological polar surface area (TPSA) is 75.5 Å². The molecular formula is C12H12FN3O3. The van der Waals surface area contributed by atoms with Gasteiger partial charge in [-0.15, -0.1) is 0 Å². The zero-order chi connectivity index (χ0) is 14.0. The lowest BCUT2D eigenvalue weighted by Gasteiger charge is -2.17. The fourth-order valence-electron chi connectivity index (χ4n) is 1.80. The molecule has 0 aliphatic carbocycles. The summed E-state index contributed by atoms with van der Waals surface area (Å²) in [5.74, 6) is -1.15. The number of aromatic nitrogens is 2. The van der Waals surface area contributed by atoms with Crippen molar-refractivity contribution < 1.29 is 19.0 Å². The highest BCUT2D eigenvalue weighted by Crippen LogP contribution is 2.29. The van der Waals surface area contributed by atoms with Gasteiger partial charge in [-0.2, -0.15) is 0 Å². The van der Waals surface area contributed by atoms with Crippen LogP contribution in [0.4, 0.5) is 10.2 Å². The van der Waals surface area contributed by atoms with E-state index in [0.717, 1.165) is 0 Å². The Bertz CT molecular complexity index is 633. The summed E-state index contributed by atoms with van der Waals surface area (Å²) in [6.45, 7) is -0.236. The number of methoxy groups -OCH3 is 1. The number of ether oxygens (including phenoxy) is 1. The minimum absolute atomic E-state index is 0.0815. The van der Waals surface area contributed by atoms with Crippen molar-refractivity contribution in [2.24, 2.45) is 0 Å². The molecule has 2 aromatic rings. The standard InChI is InChI=1S/C12H12FN3O3/c1-16(5-9(17)18)12-7-3-4-8(19-2)10(13)11(7)14-6-15-12/h3-4,6H,5H2,1-2H3,(H,17,18). The maximum atomic E-state index is 14.0. The summed E-state index contributed by atoms with van der Waals surface area (Å²) in [5.41, 5.74) is 0.0987. The molecule has 0 bridgehead atoms. The van der Waals surface area contributed by atoms with Crippen LogP contribution in [0.2, 0.25) is 0 Å². The Kier molecular flexibility index (Phi) is 3.46. The van der Waals surface area contributed by atoms with Crippen molar-refractivity contribution in [1.29, 1.82) is 0 Å². The fraction of sp³-hybridized carbons (Fsp3) is 0.250. The zero-order valence-electron chi connectivity index (χ0n) is 10.4. The zero-order valence-corrected chi connectivity index (χ0v) is 10.4. The minimum Gasteiger partial charge on any atom is -0.494 e. The van der Waals surface area contributed by atoms with Crippen molar-refractivity contribution in [1.82, 2.24) is 9.97 Å². The van der Waals surface area contributed by atoms with E-state index in [-0.39, 0.29) is 17.8 Å². The molecule has 1 aromatic heterocycles. The van der Waals surface area contributed by atoms with Crippen molar-refractivity contribution in [3.8, 4) is 5.75 Å². The third kappa shape index (κ3) is 2.40. The van der Waals surface area contributed by atoms with Crippen LogP contribution in [0.3, 0.4) is 0 Å². The van der Waals surface area contributed by atoms with E-state index in [9.17, 15) is 9.18 Å². The van der Waals surface area contributed by atoms with Gasteiger partial charge in [-0.25, -0.2) is 14.4 Å². The SMILES string of the molecule is COc1ccc2c(N(C)CC(=O)O)ncnc2c1F. The predicted molar refractivity (Wildman–Crippen MR) is 67.0 cm³/mol. The second kappa shape index (κ2) is 5.05. The molecule has 0 aliphatic heterocycles. The second-order valence-corrected chi connectivity index (χ2v) is 3.93. The highest BCUT2D eigenvalue weighted by Gasteiger charge is 2.15. The lowest BCUT2D eigenvalue weighted by Crippen LogP contribution is -2.26. The van der Waals surface area contributed by atoms with Gasteiger partial charge in [0.1, 0.15) is 24.2 Å². The van der Waals surface area contributed by atoms with Crippen LogP contribution in [-0.2, 0) is 4.79 Å². The van der Waals surface area contributed by atoms with Crippen molar-refractivity contribution in [2.45, 2.75) is 0 Å². The van der Waals surface area contributed by atoms with Crippen LogP contribution in [0.5, 0.6) is 5.75 Å². The maximum Gasteiger partial charge on any atom is 0.323 e. The summed E-state index contributed by atoms with van der Waals surface area (Å²) in [6, 6.07) is 3.06. The van der Waals surface area contributed by atoms with E-state index in [4.69, 9.17) is 9.84 Å². The first-order valence-electron chi connectivity index (χ1n) is 5.44. The number of halogens is 1. The summed E-state index contributed by atoms with van der Waals surface area (Å²) in [4.78, 5) is 20.0. The molecule has 0 aliphatic rings. The van der Waals surface area contributed by atoms with Gasteiger partial charge < -0.3 is 14.7 Å². The summed E-state index contributed by atoms with van der Waals surface area (Å²) in [6.07, 6.45) is 1.19. The van der Waals surface area contributed by atoms with Crippen LogP contribution >= 0.6 is 0 Å². The van der Waals surface area contributed by atoms with Crippen LogP contribution in [0.1, 0.15) is 0 Å². The Morgan fingerprint density at radius 3 is 2.84 bits per heavy atom. The average Bonchev–Trinajstić information content (AvgIpc) is 2.38. The highest BCUT2D eigenvalue weighted by atomic mass is 19.1. The van der Waals surface area contributed by atoms with Crippen LogP contribution < -0.4 is 9.64 Å². The van der Waals surface area contributed by atoms with Crippen molar-refractivity contribution >= 4 is 22.7 Å². The Morgan fingerprint density at radius 2 is 2.21 bits per heavy atom. The molecular weight excluding hydrogens is 253 g/mol. The molecule has 0 saturated heterocycles. The Hall–Kier alpha value is -2.44. The van der Waals surface area contributed by atoms with E-state index in [1.165, 1.54) is 24.4 Å². The second-order valence-electron chi connectivity index (χ2n) is 3.93. The van der Waals surface area contributed by atoms with Crippen molar-refractivity contribution in [3.63, 3.8) is 0 Å². The van der Waals surface area contributed by atoms with E-state index in [1.807, 2.05) is 0 Å². The van der Waals surface area contributed by atoms with Crippen LogP contribution in [0.25, 0.3) is 10.9 Å². The first kappa shape index (κ1) is 13.0. The van der Waals surface area contributed by atoms with Crippen LogP contribution in [0, 0.1) is 5.82 Å². The van der Waals surface area contributed by atoms with Crippen molar-refractivity contribution in [3.05, 3.63) is 24.3 Å². The summed E-state index contributed by atoms with van der Waals surface area (Å²) in [7, 11) is 2.93. The minimum atomic E-state index is -0.997. The molecule has 0 atom stereocenters. The molecule has 19 heavy (non-hydrogen) atoms. The number of hydrogen-bond donors (Lipinski definition) is 1. The van der Waals surface area contributed by atoms with Gasteiger partial charge >= 0.3 is 5.97 Å². The van der Waals surface area contributed by atoms with Crippen LogP contribution in [0.15, 0.2) is 18.5 Å². The lowest BCUT2D eigenvalue weighted by atomic mass is 10.2. The fourth-order valence-corrected chi connectivity index (χ4v) is 1.80. The van der Waals surface area contributed by atoms with Gasteiger partial charge in [-0.3, -0.25) is 4.79 Å². The van der Waals surface area contributed by atoms with E-state index in [2.05, 4.69) is 9.97 Å². The lowest BCUT2D eigenvalue weighted by molar-refractivity contribution is -0.135. The van der Waals surface area contributed by atoms with E-state index < -0.39 is 11.8 Å². The quantitative estimate of drug-likeness (QED) is 0.898. The number of carbonyl (C=O) groups is 1. The van der Waals surface area contributed by atoms with Gasteiger partial charge in [0.2, 0.25) is 0 Å². The van der Waals surface area contributed by atoms with Crippen molar-refractivity contribution in [2.75, 3.05) is 25.6 Å². The van der Waals surface area contributed by atoms with E-state index >= 15 is 0 Å². The van der Waals surface area contributed by atoms with Gasteiger partial charge in [0.05, 0.1) is 7.11 Å². The predicted octanol–water partition coefficient (Wildman–Crippen LogP) is 1.30. The largest absolute Gasteiger partial charge is 0.494 e. The molecule has 0 saturated carbocycles. The molecule has 0 unspecified atom stereocenters. The molecule has 6 nitrogen and oxygen atoms in total. The van der Waals surface area contributed by atoms with Gasteiger partial charge in [0.25, 0.3) is 0 Å². The van der Waals surface area contributed by atoms with E-state index in [1.54, 1.807) is 13.1 Å². The third-order valence-corrected chi connectivity index (χ3v) is 2.64. The number of rotatable bonds is 4. The first-order valence-corrected chi connectivity index (χ1v) is 5.44. The normalized spacial score (nSPS) is 10.5. The maximum absolute atomic E-state index is 14.0. The number of anilines is 1. The average molecular weight is 265 g/mol. The number of aliphatic carboxylic acids is 1. The molecule has 100 valence electrons. The number of carboxylic acid groups (broad SMARTS) is 1. The number of likely N-dealkylation sites (N-methyl/N-ethyl adjacent to an activating group) is 1.